The number of rotatable bonds is 7. The summed E-state index contributed by atoms with van der Waals surface area (Å²) in [4.78, 5) is 28.3. The van der Waals surface area contributed by atoms with E-state index >= 15 is 0 Å². The van der Waals surface area contributed by atoms with Gasteiger partial charge in [-0.25, -0.2) is 0 Å². The van der Waals surface area contributed by atoms with Gasteiger partial charge >= 0.3 is 0 Å². The van der Waals surface area contributed by atoms with Gasteiger partial charge in [-0.05, 0) is 74.7 Å². The molecule has 0 spiro atoms. The Morgan fingerprint density at radius 2 is 1.69 bits per heavy atom. The smallest absolute Gasteiger partial charge is 0.300 e. The Morgan fingerprint density at radius 1 is 1.00 bits per heavy atom. The van der Waals surface area contributed by atoms with Gasteiger partial charge in [0.2, 0.25) is 0 Å². The van der Waals surface area contributed by atoms with E-state index in [2.05, 4.69) is 6.92 Å². The molecule has 3 aromatic carbocycles. The molecular weight excluding hydrogens is 454 g/mol. The lowest BCUT2D eigenvalue weighted by molar-refractivity contribution is -0.132. The van der Waals surface area contributed by atoms with Crippen LogP contribution in [0.2, 0.25) is 0 Å². The number of ketones is 1. The van der Waals surface area contributed by atoms with E-state index in [4.69, 9.17) is 9.47 Å². The Balaban J connectivity index is 1.91. The van der Waals surface area contributed by atoms with E-state index in [9.17, 15) is 14.7 Å². The van der Waals surface area contributed by atoms with Crippen LogP contribution in [0.3, 0.4) is 0 Å². The minimum Gasteiger partial charge on any atom is -0.507 e. The predicted octanol–water partition coefficient (Wildman–Crippen LogP) is 5.98. The van der Waals surface area contributed by atoms with Crippen LogP contribution in [0.15, 0.2) is 72.3 Å². The molecule has 1 heterocycles. The Labute approximate surface area is 211 Å². The fraction of sp³-hybridized carbons (Fsp3) is 0.267. The number of aryl methyl sites for hydroxylation is 2. The van der Waals surface area contributed by atoms with Crippen molar-refractivity contribution in [3.8, 4) is 11.5 Å². The molecule has 1 N–H and O–H groups in total. The maximum absolute atomic E-state index is 13.4. The Morgan fingerprint density at radius 3 is 2.31 bits per heavy atom. The van der Waals surface area contributed by atoms with Crippen LogP contribution in [0.5, 0.6) is 11.5 Å². The highest BCUT2D eigenvalue weighted by molar-refractivity contribution is 6.51. The first kappa shape index (κ1) is 25.0. The summed E-state index contributed by atoms with van der Waals surface area (Å²) in [7, 11) is 1.54. The van der Waals surface area contributed by atoms with Crippen molar-refractivity contribution in [3.63, 3.8) is 0 Å². The number of amides is 1. The molecule has 186 valence electrons. The molecule has 6 nitrogen and oxygen atoms in total. The minimum atomic E-state index is -0.861. The van der Waals surface area contributed by atoms with E-state index < -0.39 is 17.7 Å². The highest BCUT2D eigenvalue weighted by Crippen LogP contribution is 2.45. The summed E-state index contributed by atoms with van der Waals surface area (Å²) in [5.41, 5.74) is 3.55. The number of aliphatic hydroxyl groups is 1. The maximum atomic E-state index is 13.4. The second-order valence-electron chi connectivity index (χ2n) is 9.08. The second-order valence-corrected chi connectivity index (χ2v) is 9.08. The molecule has 0 bridgehead atoms. The van der Waals surface area contributed by atoms with E-state index in [-0.39, 0.29) is 17.4 Å². The molecule has 6 heteroatoms. The van der Waals surface area contributed by atoms with E-state index in [1.807, 2.05) is 57.2 Å². The van der Waals surface area contributed by atoms with Crippen LogP contribution in [0, 0.1) is 6.92 Å². The highest BCUT2D eigenvalue weighted by atomic mass is 16.5. The number of carbonyl (C=O) groups excluding carboxylic acids is 2. The van der Waals surface area contributed by atoms with Gasteiger partial charge in [0.25, 0.3) is 11.7 Å². The average Bonchev–Trinajstić information content (AvgIpc) is 3.14. The molecule has 0 saturated carbocycles. The van der Waals surface area contributed by atoms with Crippen LogP contribution in [-0.2, 0) is 16.0 Å². The lowest BCUT2D eigenvalue weighted by Crippen LogP contribution is -2.29. The van der Waals surface area contributed by atoms with E-state index in [0.29, 0.717) is 28.3 Å². The van der Waals surface area contributed by atoms with Crippen molar-refractivity contribution < 1.29 is 24.2 Å². The van der Waals surface area contributed by atoms with Crippen LogP contribution < -0.4 is 14.4 Å². The van der Waals surface area contributed by atoms with E-state index in [1.165, 1.54) is 12.0 Å². The fourth-order valence-electron chi connectivity index (χ4n) is 4.52. The van der Waals surface area contributed by atoms with Gasteiger partial charge in [0.1, 0.15) is 17.3 Å². The summed E-state index contributed by atoms with van der Waals surface area (Å²) in [5.74, 6) is -0.478. The van der Waals surface area contributed by atoms with Gasteiger partial charge < -0.3 is 14.6 Å². The summed E-state index contributed by atoms with van der Waals surface area (Å²) >= 11 is 0. The summed E-state index contributed by atoms with van der Waals surface area (Å²) in [6.07, 6.45) is 0.850. The zero-order chi connectivity index (χ0) is 26.0. The third-order valence-electron chi connectivity index (χ3n) is 6.31. The molecule has 1 saturated heterocycles. The van der Waals surface area contributed by atoms with Crippen molar-refractivity contribution in [1.82, 2.24) is 0 Å². The minimum absolute atomic E-state index is 0.00175. The number of hydrogen-bond donors (Lipinski definition) is 1. The number of para-hydroxylation sites is 1. The first-order valence-electron chi connectivity index (χ1n) is 12.1. The van der Waals surface area contributed by atoms with Crippen molar-refractivity contribution >= 4 is 23.1 Å². The van der Waals surface area contributed by atoms with Gasteiger partial charge in [-0.3, -0.25) is 14.5 Å². The van der Waals surface area contributed by atoms with E-state index in [1.54, 1.807) is 30.3 Å². The van der Waals surface area contributed by atoms with Gasteiger partial charge in [-0.2, -0.15) is 0 Å². The van der Waals surface area contributed by atoms with Gasteiger partial charge in [0.05, 0.1) is 24.8 Å². The number of Topliss-reactive ketones (excluding diaryl/α,β-unsaturated/α-hetero) is 1. The standard InChI is InChI=1S/C30H31NO5/c1-6-20-11-14-22(15-12-20)31-27(23-9-7-8-10-25(23)35-5)26(29(33)30(31)34)28(32)21-13-16-24(19(4)17-21)36-18(2)3/h7-18,27,32H,6H2,1-5H3/b28-26+. The molecule has 4 rings (SSSR count). The SMILES string of the molecule is CCc1ccc(N2C(=O)C(=O)/C(=C(/O)c3ccc(OC(C)C)c(C)c3)C2c2ccccc2OC)cc1. The normalized spacial score (nSPS) is 17.1. The first-order chi connectivity index (χ1) is 17.3. The van der Waals surface area contributed by atoms with E-state index in [0.717, 1.165) is 17.5 Å². The Kier molecular flexibility index (Phi) is 7.15. The lowest BCUT2D eigenvalue weighted by Gasteiger charge is -2.27. The van der Waals surface area contributed by atoms with Crippen molar-refractivity contribution in [1.29, 1.82) is 0 Å². The topological polar surface area (TPSA) is 76.1 Å². The molecule has 0 aromatic heterocycles. The lowest BCUT2D eigenvalue weighted by atomic mass is 9.94. The zero-order valence-electron chi connectivity index (χ0n) is 21.2. The predicted molar refractivity (Wildman–Crippen MR) is 141 cm³/mol. The van der Waals surface area contributed by atoms with Crippen LogP contribution >= 0.6 is 0 Å². The number of anilines is 1. The van der Waals surface area contributed by atoms with Crippen molar-refractivity contribution in [3.05, 3.63) is 94.6 Å². The van der Waals surface area contributed by atoms with Crippen LogP contribution in [0.4, 0.5) is 5.69 Å². The number of ether oxygens (including phenoxy) is 2. The Hall–Kier alpha value is -4.06. The summed E-state index contributed by atoms with van der Waals surface area (Å²) < 4.78 is 11.4. The Bertz CT molecular complexity index is 1320. The molecule has 1 fully saturated rings. The molecule has 1 aliphatic rings. The number of nitrogens with zero attached hydrogens (tertiary/aromatic N) is 1. The van der Waals surface area contributed by atoms with Crippen LogP contribution in [0.25, 0.3) is 5.76 Å². The number of methoxy groups -OCH3 is 1. The molecule has 3 aromatic rings. The molecule has 0 radical (unpaired) electrons. The van der Waals surface area contributed by atoms with Crippen molar-refractivity contribution in [2.75, 3.05) is 12.0 Å². The van der Waals surface area contributed by atoms with Crippen molar-refractivity contribution in [2.24, 2.45) is 0 Å². The highest BCUT2D eigenvalue weighted by Gasteiger charge is 2.47. The number of benzene rings is 3. The molecule has 36 heavy (non-hydrogen) atoms. The average molecular weight is 486 g/mol. The fourth-order valence-corrected chi connectivity index (χ4v) is 4.52. The molecule has 1 amide bonds. The zero-order valence-corrected chi connectivity index (χ0v) is 21.2. The summed E-state index contributed by atoms with van der Waals surface area (Å²) in [6, 6.07) is 19.1. The van der Waals surface area contributed by atoms with Gasteiger partial charge in [-0.15, -0.1) is 0 Å². The van der Waals surface area contributed by atoms with Gasteiger partial charge in [0, 0.05) is 16.8 Å². The first-order valence-corrected chi connectivity index (χ1v) is 12.1. The van der Waals surface area contributed by atoms with Gasteiger partial charge in [0.15, 0.2) is 0 Å². The van der Waals surface area contributed by atoms with Crippen molar-refractivity contribution in [2.45, 2.75) is 46.3 Å². The third kappa shape index (κ3) is 4.59. The van der Waals surface area contributed by atoms with Crippen LogP contribution in [-0.4, -0.2) is 30.0 Å². The second kappa shape index (κ2) is 10.3. The molecule has 1 unspecified atom stereocenters. The summed E-state index contributed by atoms with van der Waals surface area (Å²) in [5, 5.41) is 11.4. The molecule has 0 aliphatic carbocycles. The number of aliphatic hydroxyl groups excluding tert-OH is 1. The molecule has 1 aliphatic heterocycles. The summed E-state index contributed by atoms with van der Waals surface area (Å²) in [6.45, 7) is 7.81. The maximum Gasteiger partial charge on any atom is 0.300 e. The van der Waals surface area contributed by atoms with Gasteiger partial charge in [-0.1, -0.05) is 37.3 Å². The number of carbonyl (C=O) groups is 2. The molecular formula is C30H31NO5. The monoisotopic (exact) mass is 485 g/mol. The third-order valence-corrected chi connectivity index (χ3v) is 6.31. The molecule has 1 atom stereocenters. The largest absolute Gasteiger partial charge is 0.507 e. The number of hydrogen-bond acceptors (Lipinski definition) is 5. The van der Waals surface area contributed by atoms with Crippen LogP contribution in [0.1, 0.15) is 49.1 Å². The quantitative estimate of drug-likeness (QED) is 0.253.